The highest BCUT2D eigenvalue weighted by molar-refractivity contribution is 7.18. The van der Waals surface area contributed by atoms with Crippen LogP contribution in [-0.2, 0) is 11.3 Å². The van der Waals surface area contributed by atoms with E-state index in [1.54, 1.807) is 6.07 Å². The lowest BCUT2D eigenvalue weighted by Gasteiger charge is -2.07. The van der Waals surface area contributed by atoms with E-state index in [9.17, 15) is 14.0 Å². The van der Waals surface area contributed by atoms with Gasteiger partial charge in [-0.15, -0.1) is 16.4 Å². The van der Waals surface area contributed by atoms with E-state index in [-0.39, 0.29) is 17.8 Å². The van der Waals surface area contributed by atoms with Crippen LogP contribution in [0, 0.1) is 19.7 Å². The Morgan fingerprint density at radius 3 is 2.83 bits per heavy atom. The first-order chi connectivity index (χ1) is 11.0. The topological polar surface area (TPSA) is 76.9 Å². The lowest BCUT2D eigenvalue weighted by atomic mass is 10.2. The third kappa shape index (κ3) is 2.85. The van der Waals surface area contributed by atoms with Crippen molar-refractivity contribution < 1.29 is 9.18 Å². The zero-order valence-corrected chi connectivity index (χ0v) is 13.3. The van der Waals surface area contributed by atoms with Crippen molar-refractivity contribution in [1.82, 2.24) is 15.0 Å². The van der Waals surface area contributed by atoms with Gasteiger partial charge < -0.3 is 5.32 Å². The highest BCUT2D eigenvalue weighted by Gasteiger charge is 2.15. The minimum atomic E-state index is -0.546. The molecule has 2 aromatic heterocycles. The SMILES string of the molecule is Cc1sc2nnn(CC(=O)Nc3ccccc3F)c(=O)c2c1C. The van der Waals surface area contributed by atoms with E-state index in [1.165, 1.54) is 29.5 Å². The van der Waals surface area contributed by atoms with E-state index in [1.807, 2.05) is 13.8 Å². The number of aryl methyl sites for hydroxylation is 2. The number of thiophene rings is 1. The standard InChI is InChI=1S/C15H13FN4O2S/c1-8-9(2)23-14-13(8)15(22)20(19-18-14)7-12(21)17-11-6-4-3-5-10(11)16/h3-6H,7H2,1-2H3,(H,17,21). The Balaban J connectivity index is 1.88. The van der Waals surface area contributed by atoms with Gasteiger partial charge in [0.1, 0.15) is 12.4 Å². The smallest absolute Gasteiger partial charge is 0.279 e. The number of hydrogen-bond acceptors (Lipinski definition) is 5. The summed E-state index contributed by atoms with van der Waals surface area (Å²) in [5, 5.41) is 10.6. The fraction of sp³-hybridized carbons (Fsp3) is 0.200. The zero-order chi connectivity index (χ0) is 16.6. The quantitative estimate of drug-likeness (QED) is 0.798. The molecule has 6 nitrogen and oxygen atoms in total. The average Bonchev–Trinajstić information content (AvgIpc) is 2.80. The maximum absolute atomic E-state index is 13.5. The van der Waals surface area contributed by atoms with Gasteiger partial charge in [-0.2, -0.15) is 0 Å². The summed E-state index contributed by atoms with van der Waals surface area (Å²) in [5.74, 6) is -1.09. The number of nitrogens with zero attached hydrogens (tertiary/aromatic N) is 3. The van der Waals surface area contributed by atoms with Gasteiger partial charge in [0, 0.05) is 4.88 Å². The Morgan fingerprint density at radius 2 is 2.09 bits per heavy atom. The second kappa shape index (κ2) is 5.88. The van der Waals surface area contributed by atoms with Crippen LogP contribution in [0.2, 0.25) is 0 Å². The Morgan fingerprint density at radius 1 is 1.35 bits per heavy atom. The highest BCUT2D eigenvalue weighted by Crippen LogP contribution is 2.24. The van der Waals surface area contributed by atoms with Crippen molar-refractivity contribution in [2.75, 3.05) is 5.32 Å². The summed E-state index contributed by atoms with van der Waals surface area (Å²) in [6, 6.07) is 5.81. The van der Waals surface area contributed by atoms with Crippen LogP contribution < -0.4 is 10.9 Å². The zero-order valence-electron chi connectivity index (χ0n) is 12.5. The van der Waals surface area contributed by atoms with Crippen molar-refractivity contribution >= 4 is 33.1 Å². The fourth-order valence-electron chi connectivity index (χ4n) is 2.19. The Bertz CT molecular complexity index is 964. The number of amides is 1. The summed E-state index contributed by atoms with van der Waals surface area (Å²) >= 11 is 1.39. The van der Waals surface area contributed by atoms with Crippen LogP contribution in [0.1, 0.15) is 10.4 Å². The largest absolute Gasteiger partial charge is 0.322 e. The van der Waals surface area contributed by atoms with E-state index in [2.05, 4.69) is 15.6 Å². The van der Waals surface area contributed by atoms with Crippen molar-refractivity contribution in [3.05, 3.63) is 50.9 Å². The molecule has 0 saturated heterocycles. The summed E-state index contributed by atoms with van der Waals surface area (Å²) in [5.41, 5.74) is 0.524. The third-order valence-corrected chi connectivity index (χ3v) is 4.59. The summed E-state index contributed by atoms with van der Waals surface area (Å²) in [7, 11) is 0. The molecule has 0 aliphatic rings. The molecule has 0 spiro atoms. The molecule has 1 N–H and O–H groups in total. The molecule has 0 bridgehead atoms. The summed E-state index contributed by atoms with van der Waals surface area (Å²) in [6.45, 7) is 3.40. The molecule has 3 aromatic rings. The molecule has 0 aliphatic heterocycles. The maximum Gasteiger partial charge on any atom is 0.279 e. The molecule has 1 aromatic carbocycles. The molecule has 1 amide bonds. The van der Waals surface area contributed by atoms with Gasteiger partial charge >= 0.3 is 0 Å². The first-order valence-corrected chi connectivity index (χ1v) is 7.67. The number of benzene rings is 1. The molecular formula is C15H13FN4O2S. The van der Waals surface area contributed by atoms with E-state index in [0.717, 1.165) is 15.1 Å². The van der Waals surface area contributed by atoms with E-state index in [0.29, 0.717) is 10.2 Å². The number of nitrogens with one attached hydrogen (secondary N) is 1. The molecule has 23 heavy (non-hydrogen) atoms. The number of anilines is 1. The molecule has 0 fully saturated rings. The summed E-state index contributed by atoms with van der Waals surface area (Å²) in [4.78, 5) is 26.0. The molecule has 3 rings (SSSR count). The van der Waals surface area contributed by atoms with Crippen molar-refractivity contribution in [3.63, 3.8) is 0 Å². The minimum Gasteiger partial charge on any atom is -0.322 e. The van der Waals surface area contributed by atoms with Crippen molar-refractivity contribution in [1.29, 1.82) is 0 Å². The Labute approximate surface area is 134 Å². The number of para-hydroxylation sites is 1. The van der Waals surface area contributed by atoms with E-state index < -0.39 is 11.7 Å². The van der Waals surface area contributed by atoms with Crippen LogP contribution in [0.5, 0.6) is 0 Å². The number of hydrogen-bond donors (Lipinski definition) is 1. The van der Waals surface area contributed by atoms with Crippen molar-refractivity contribution in [2.24, 2.45) is 0 Å². The van der Waals surface area contributed by atoms with Crippen LogP contribution in [-0.4, -0.2) is 20.9 Å². The lowest BCUT2D eigenvalue weighted by molar-refractivity contribution is -0.117. The van der Waals surface area contributed by atoms with Gasteiger partial charge in [-0.3, -0.25) is 9.59 Å². The third-order valence-electron chi connectivity index (χ3n) is 3.50. The average molecular weight is 332 g/mol. The number of carbonyl (C=O) groups excluding carboxylic acids is 1. The number of halogens is 1. The predicted octanol–water partition coefficient (Wildman–Crippen LogP) is 2.25. The lowest BCUT2D eigenvalue weighted by Crippen LogP contribution is -2.30. The van der Waals surface area contributed by atoms with Crippen molar-refractivity contribution in [3.8, 4) is 0 Å². The predicted molar refractivity (Wildman–Crippen MR) is 86.2 cm³/mol. The van der Waals surface area contributed by atoms with Crippen LogP contribution in [0.15, 0.2) is 29.1 Å². The highest BCUT2D eigenvalue weighted by atomic mass is 32.1. The van der Waals surface area contributed by atoms with Gasteiger partial charge in [-0.05, 0) is 31.5 Å². The first-order valence-electron chi connectivity index (χ1n) is 6.85. The molecule has 2 heterocycles. The second-order valence-corrected chi connectivity index (χ2v) is 6.25. The van der Waals surface area contributed by atoms with Gasteiger partial charge in [-0.1, -0.05) is 17.3 Å². The molecule has 0 radical (unpaired) electrons. The molecule has 0 unspecified atom stereocenters. The summed E-state index contributed by atoms with van der Waals surface area (Å²) < 4.78 is 14.5. The van der Waals surface area contributed by atoms with Crippen LogP contribution in [0.3, 0.4) is 0 Å². The minimum absolute atomic E-state index is 0.0575. The van der Waals surface area contributed by atoms with Crippen LogP contribution in [0.4, 0.5) is 10.1 Å². The van der Waals surface area contributed by atoms with Crippen LogP contribution in [0.25, 0.3) is 10.2 Å². The number of carbonyl (C=O) groups is 1. The van der Waals surface area contributed by atoms with Gasteiger partial charge in [0.05, 0.1) is 11.1 Å². The van der Waals surface area contributed by atoms with Crippen molar-refractivity contribution in [2.45, 2.75) is 20.4 Å². The Hall–Kier alpha value is -2.61. The van der Waals surface area contributed by atoms with Crippen LogP contribution >= 0.6 is 11.3 Å². The monoisotopic (exact) mass is 332 g/mol. The molecule has 0 saturated carbocycles. The molecule has 0 aliphatic carbocycles. The van der Waals surface area contributed by atoms with E-state index in [4.69, 9.17) is 0 Å². The van der Waals surface area contributed by atoms with Gasteiger partial charge in [0.15, 0.2) is 4.83 Å². The Kier molecular flexibility index (Phi) is 3.91. The number of rotatable bonds is 3. The maximum atomic E-state index is 13.5. The summed E-state index contributed by atoms with van der Waals surface area (Å²) in [6.07, 6.45) is 0. The van der Waals surface area contributed by atoms with Gasteiger partial charge in [0.2, 0.25) is 5.91 Å². The van der Waals surface area contributed by atoms with Gasteiger partial charge in [-0.25, -0.2) is 9.07 Å². The molecule has 0 atom stereocenters. The fourth-order valence-corrected chi connectivity index (χ4v) is 3.15. The van der Waals surface area contributed by atoms with Gasteiger partial charge in [0.25, 0.3) is 5.56 Å². The number of fused-ring (bicyclic) bond motifs is 1. The first kappa shape index (κ1) is 15.3. The second-order valence-electron chi connectivity index (χ2n) is 5.04. The molecular weight excluding hydrogens is 319 g/mol. The molecule has 118 valence electrons. The molecule has 8 heteroatoms. The normalized spacial score (nSPS) is 10.9. The number of aromatic nitrogens is 3. The van der Waals surface area contributed by atoms with E-state index >= 15 is 0 Å².